The number of esters is 2. The van der Waals surface area contributed by atoms with Gasteiger partial charge in [0.05, 0.1) is 0 Å². The molecule has 0 saturated carbocycles. The maximum atomic E-state index is 13.9. The number of hydrogen-bond acceptors (Lipinski definition) is 13. The average molecular weight is 727 g/mol. The molecule has 3 aromatic rings. The molecular formula is C33H35ClN6O7S2. The number of alkyl halides is 1. The lowest BCUT2D eigenvalue weighted by atomic mass is 10.0. The second-order valence-electron chi connectivity index (χ2n) is 12.6. The number of hydrogen-bond donors (Lipinski definition) is 2. The van der Waals surface area contributed by atoms with Gasteiger partial charge in [0.2, 0.25) is 17.1 Å². The normalized spacial score (nSPS) is 18.1. The van der Waals surface area contributed by atoms with Gasteiger partial charge in [-0.2, -0.15) is 9.36 Å². The van der Waals surface area contributed by atoms with E-state index in [2.05, 4.69) is 19.8 Å². The Morgan fingerprint density at radius 3 is 2.20 bits per heavy atom. The van der Waals surface area contributed by atoms with Crippen LogP contribution in [0.3, 0.4) is 0 Å². The van der Waals surface area contributed by atoms with E-state index in [0.717, 1.165) is 22.7 Å². The predicted molar refractivity (Wildman–Crippen MR) is 185 cm³/mol. The highest BCUT2D eigenvalue weighted by atomic mass is 35.5. The van der Waals surface area contributed by atoms with E-state index in [-0.39, 0.29) is 22.5 Å². The van der Waals surface area contributed by atoms with Crippen LogP contribution in [-0.2, 0) is 33.5 Å². The first-order valence-corrected chi connectivity index (χ1v) is 17.5. The number of benzene rings is 2. The fraction of sp³-hybridized carbons (Fsp3) is 0.364. The Bertz CT molecular complexity index is 1750. The Hall–Kier alpha value is -4.47. The quantitative estimate of drug-likeness (QED) is 0.0953. The number of carbonyl (C=O) groups is 4. The summed E-state index contributed by atoms with van der Waals surface area (Å²) in [5.41, 5.74) is 5.00. The molecule has 1 aromatic heterocycles. The Labute approximate surface area is 296 Å². The summed E-state index contributed by atoms with van der Waals surface area (Å²) in [4.78, 5) is 64.7. The molecule has 0 bridgehead atoms. The van der Waals surface area contributed by atoms with Gasteiger partial charge >= 0.3 is 11.9 Å². The number of halogens is 1. The lowest BCUT2D eigenvalue weighted by Crippen LogP contribution is -2.71. The van der Waals surface area contributed by atoms with E-state index in [1.54, 1.807) is 20.8 Å². The van der Waals surface area contributed by atoms with Crippen LogP contribution < -0.4 is 11.1 Å². The molecule has 13 nitrogen and oxygen atoms in total. The van der Waals surface area contributed by atoms with Crippen LogP contribution in [-0.4, -0.2) is 78.0 Å². The van der Waals surface area contributed by atoms with Gasteiger partial charge in [-0.1, -0.05) is 65.8 Å². The van der Waals surface area contributed by atoms with Crippen LogP contribution in [0.5, 0.6) is 0 Å². The zero-order chi connectivity index (χ0) is 35.5. The van der Waals surface area contributed by atoms with E-state index < -0.39 is 58.2 Å². The third-order valence-electron chi connectivity index (χ3n) is 7.24. The number of nitrogens with two attached hydrogens (primary N) is 1. The van der Waals surface area contributed by atoms with Crippen molar-refractivity contribution in [1.82, 2.24) is 19.6 Å². The van der Waals surface area contributed by atoms with Gasteiger partial charge in [0, 0.05) is 23.2 Å². The number of nitrogens with zero attached hydrogens (tertiary/aromatic N) is 4. The van der Waals surface area contributed by atoms with Gasteiger partial charge in [-0.15, -0.1) is 23.4 Å². The summed E-state index contributed by atoms with van der Waals surface area (Å²) in [6.07, 6.45) is -0.749. The Balaban J connectivity index is 1.36. The van der Waals surface area contributed by atoms with E-state index in [9.17, 15) is 19.2 Å². The lowest BCUT2D eigenvalue weighted by molar-refractivity contribution is -0.179. The SMILES string of the molecule is CC(C)(C)OC(=O)C(C)(C)O/N=C(\C(=O)N[C@@H]1C(=O)N2C(C(=O)OC(c3ccccc3)c3ccccc3)=C(CCl)CS[C@H]12)c1nsc(N)n1. The molecule has 3 N–H and O–H groups in total. The number of β-lactam (4-membered cyclic amide) rings is 1. The maximum Gasteiger partial charge on any atom is 0.356 e. The van der Waals surface area contributed by atoms with Crippen LogP contribution in [0.25, 0.3) is 0 Å². The number of nitrogen functional groups attached to an aromatic ring is 1. The molecule has 1 fully saturated rings. The largest absolute Gasteiger partial charge is 0.457 e. The number of oxime groups is 1. The molecule has 0 unspecified atom stereocenters. The highest BCUT2D eigenvalue weighted by molar-refractivity contribution is 8.00. The molecule has 258 valence electrons. The maximum absolute atomic E-state index is 13.9. The number of rotatable bonds is 11. The molecule has 1 saturated heterocycles. The third kappa shape index (κ3) is 8.06. The van der Waals surface area contributed by atoms with Crippen molar-refractivity contribution in [3.05, 3.63) is 88.9 Å². The number of carbonyl (C=O) groups excluding carboxylic acids is 4. The van der Waals surface area contributed by atoms with E-state index >= 15 is 0 Å². The molecular weight excluding hydrogens is 692 g/mol. The fourth-order valence-electron chi connectivity index (χ4n) is 4.84. The highest BCUT2D eigenvalue weighted by Gasteiger charge is 2.55. The standard InChI is InChI=1S/C33H35ClN6O7S2/c1-32(2,3)46-30(44)33(4,5)47-38-21(25-37-31(35)49-39-25)26(41)36-22-27(42)40-23(20(16-34)17-48-28(22)40)29(43)45-24(18-12-8-6-9-13-18)19-14-10-7-11-15-19/h6-15,22,24,28H,16-17H2,1-5H3,(H,36,41)(H2,35,37,39)/b38-21-/t22-,28-/m1/s1. The zero-order valence-corrected chi connectivity index (χ0v) is 29.7. The molecule has 2 aromatic carbocycles. The van der Waals surface area contributed by atoms with Crippen molar-refractivity contribution in [3.8, 4) is 0 Å². The Morgan fingerprint density at radius 1 is 1.06 bits per heavy atom. The summed E-state index contributed by atoms with van der Waals surface area (Å²) < 4.78 is 15.5. The molecule has 2 atom stereocenters. The topological polar surface area (TPSA) is 175 Å². The van der Waals surface area contributed by atoms with Gasteiger partial charge in [0.15, 0.2) is 11.2 Å². The summed E-state index contributed by atoms with van der Waals surface area (Å²) in [6, 6.07) is 17.5. The van der Waals surface area contributed by atoms with Crippen molar-refractivity contribution in [3.63, 3.8) is 0 Å². The molecule has 0 radical (unpaired) electrons. The number of aromatic nitrogens is 2. The predicted octanol–water partition coefficient (Wildman–Crippen LogP) is 4.19. The summed E-state index contributed by atoms with van der Waals surface area (Å²) in [6.45, 7) is 7.96. The van der Waals surface area contributed by atoms with Crippen LogP contribution in [0.1, 0.15) is 57.7 Å². The van der Waals surface area contributed by atoms with Gasteiger partial charge in [-0.25, -0.2) is 9.59 Å². The number of ether oxygens (including phenoxy) is 2. The number of anilines is 1. The highest BCUT2D eigenvalue weighted by Crippen LogP contribution is 2.42. The molecule has 5 rings (SSSR count). The number of fused-ring (bicyclic) bond motifs is 1. The molecule has 3 heterocycles. The van der Waals surface area contributed by atoms with Crippen molar-refractivity contribution in [2.24, 2.45) is 5.16 Å². The summed E-state index contributed by atoms with van der Waals surface area (Å²) >= 11 is 8.41. The first kappa shape index (κ1) is 35.8. The number of nitrogens with one attached hydrogen (secondary N) is 1. The molecule has 49 heavy (non-hydrogen) atoms. The van der Waals surface area contributed by atoms with Crippen molar-refractivity contribution >= 4 is 69.5 Å². The van der Waals surface area contributed by atoms with Crippen LogP contribution in [0.4, 0.5) is 5.13 Å². The van der Waals surface area contributed by atoms with Crippen molar-refractivity contribution in [2.45, 2.75) is 63.3 Å². The van der Waals surface area contributed by atoms with Gasteiger partial charge in [-0.3, -0.25) is 14.5 Å². The number of thioether (sulfide) groups is 1. The zero-order valence-electron chi connectivity index (χ0n) is 27.3. The van der Waals surface area contributed by atoms with Crippen molar-refractivity contribution < 1.29 is 33.5 Å². The third-order valence-corrected chi connectivity index (χ3v) is 9.45. The monoisotopic (exact) mass is 726 g/mol. The summed E-state index contributed by atoms with van der Waals surface area (Å²) in [7, 11) is 0. The van der Waals surface area contributed by atoms with Crippen molar-refractivity contribution in [1.29, 1.82) is 0 Å². The lowest BCUT2D eigenvalue weighted by Gasteiger charge is -2.49. The molecule has 2 amide bonds. The molecule has 16 heteroatoms. The Kier molecular flexibility index (Phi) is 10.6. The van der Waals surface area contributed by atoms with Gasteiger partial charge in [0.25, 0.3) is 11.8 Å². The Morgan fingerprint density at radius 2 is 1.67 bits per heavy atom. The van der Waals surface area contributed by atoms with Gasteiger partial charge in [-0.05, 0) is 51.3 Å². The summed E-state index contributed by atoms with van der Waals surface area (Å²) in [5, 5.41) is 5.98. The fourth-order valence-corrected chi connectivity index (χ4v) is 6.96. The van der Waals surface area contributed by atoms with Crippen LogP contribution in [0, 0.1) is 0 Å². The first-order chi connectivity index (χ1) is 23.2. The molecule has 0 aliphatic carbocycles. The minimum atomic E-state index is -1.60. The van der Waals surface area contributed by atoms with Crippen LogP contribution in [0.2, 0.25) is 0 Å². The van der Waals surface area contributed by atoms with Gasteiger partial charge in [0.1, 0.15) is 22.7 Å². The van der Waals surface area contributed by atoms with E-state index in [1.807, 2.05) is 60.7 Å². The minimum Gasteiger partial charge on any atom is -0.457 e. The van der Waals surface area contributed by atoms with E-state index in [4.69, 9.17) is 31.6 Å². The second kappa shape index (κ2) is 14.6. The van der Waals surface area contributed by atoms with E-state index in [1.165, 1.54) is 30.5 Å². The van der Waals surface area contributed by atoms with Crippen molar-refractivity contribution in [2.75, 3.05) is 17.4 Å². The number of amides is 2. The molecule has 2 aliphatic rings. The van der Waals surface area contributed by atoms with Gasteiger partial charge < -0.3 is 25.4 Å². The average Bonchev–Trinajstić information content (AvgIpc) is 3.50. The summed E-state index contributed by atoms with van der Waals surface area (Å²) in [5.74, 6) is -2.72. The molecule has 0 spiro atoms. The second-order valence-corrected chi connectivity index (χ2v) is 14.7. The molecule has 2 aliphatic heterocycles. The smallest absolute Gasteiger partial charge is 0.356 e. The van der Waals surface area contributed by atoms with Crippen LogP contribution >= 0.6 is 34.9 Å². The van der Waals surface area contributed by atoms with E-state index in [0.29, 0.717) is 11.3 Å². The minimum absolute atomic E-state index is 0.00913. The van der Waals surface area contributed by atoms with Crippen LogP contribution in [0.15, 0.2) is 77.1 Å². The first-order valence-electron chi connectivity index (χ1n) is 15.1.